The van der Waals surface area contributed by atoms with Gasteiger partial charge in [0.2, 0.25) is 5.91 Å². The van der Waals surface area contributed by atoms with Gasteiger partial charge < -0.3 is 20.5 Å². The number of benzene rings is 1. The van der Waals surface area contributed by atoms with Crippen molar-refractivity contribution in [3.8, 4) is 0 Å². The first-order valence-electron chi connectivity index (χ1n) is 11.8. The highest BCUT2D eigenvalue weighted by Gasteiger charge is 2.20. The van der Waals surface area contributed by atoms with Crippen LogP contribution in [0.5, 0.6) is 0 Å². The lowest BCUT2D eigenvalue weighted by Gasteiger charge is -2.26. The maximum absolute atomic E-state index is 12.2. The zero-order chi connectivity index (χ0) is 24.4. The Morgan fingerprint density at radius 3 is 2.71 bits per heavy atom. The fourth-order valence-electron chi connectivity index (χ4n) is 4.66. The van der Waals surface area contributed by atoms with Crippen molar-refractivity contribution in [2.75, 3.05) is 16.8 Å². The van der Waals surface area contributed by atoms with Crippen LogP contribution in [0.25, 0.3) is 10.9 Å². The number of amides is 2. The van der Waals surface area contributed by atoms with E-state index in [4.69, 9.17) is 5.73 Å². The third-order valence-corrected chi connectivity index (χ3v) is 6.48. The second kappa shape index (κ2) is 9.58. The number of hydrogen-bond acceptors (Lipinski definition) is 5. The van der Waals surface area contributed by atoms with E-state index in [0.29, 0.717) is 30.6 Å². The molecule has 0 aliphatic carbocycles. The lowest BCUT2D eigenvalue weighted by atomic mass is 10.1. The van der Waals surface area contributed by atoms with Crippen LogP contribution in [-0.4, -0.2) is 32.9 Å². The first-order valence-corrected chi connectivity index (χ1v) is 11.8. The SMILES string of the molecule is Cn1ccc2cccc(CNc3cc(Cc4ccc(N5CCCCC5=O)cn4)ncc3C(N)=O)c21. The summed E-state index contributed by atoms with van der Waals surface area (Å²) in [6.45, 7) is 1.28. The third kappa shape index (κ3) is 4.73. The summed E-state index contributed by atoms with van der Waals surface area (Å²) < 4.78 is 2.09. The summed E-state index contributed by atoms with van der Waals surface area (Å²) in [5, 5.41) is 4.55. The van der Waals surface area contributed by atoms with Crippen molar-refractivity contribution in [1.82, 2.24) is 14.5 Å². The number of pyridine rings is 2. The van der Waals surface area contributed by atoms with Gasteiger partial charge in [-0.2, -0.15) is 0 Å². The van der Waals surface area contributed by atoms with Gasteiger partial charge in [0, 0.05) is 56.8 Å². The monoisotopic (exact) mass is 468 g/mol. The maximum Gasteiger partial charge on any atom is 0.252 e. The second-order valence-corrected chi connectivity index (χ2v) is 8.91. The Kier molecular flexibility index (Phi) is 6.18. The zero-order valence-corrected chi connectivity index (χ0v) is 19.7. The van der Waals surface area contributed by atoms with Crippen LogP contribution < -0.4 is 16.0 Å². The van der Waals surface area contributed by atoms with Crippen LogP contribution >= 0.6 is 0 Å². The minimum absolute atomic E-state index is 0.149. The molecule has 0 bridgehead atoms. The van der Waals surface area contributed by atoms with Gasteiger partial charge in [-0.25, -0.2) is 0 Å². The Hall–Kier alpha value is -4.20. The minimum atomic E-state index is -0.530. The number of carbonyl (C=O) groups excluding carboxylic acids is 2. The Morgan fingerprint density at radius 2 is 1.94 bits per heavy atom. The van der Waals surface area contributed by atoms with Gasteiger partial charge in [0.25, 0.3) is 5.91 Å². The molecule has 0 saturated carbocycles. The average Bonchev–Trinajstić information content (AvgIpc) is 3.25. The van der Waals surface area contributed by atoms with Crippen molar-refractivity contribution < 1.29 is 9.59 Å². The molecule has 8 heteroatoms. The molecule has 0 atom stereocenters. The number of aryl methyl sites for hydroxylation is 1. The van der Waals surface area contributed by atoms with Gasteiger partial charge in [-0.15, -0.1) is 0 Å². The van der Waals surface area contributed by atoms with E-state index in [-0.39, 0.29) is 5.91 Å². The van der Waals surface area contributed by atoms with E-state index in [1.807, 2.05) is 37.5 Å². The molecular formula is C27H28N6O2. The second-order valence-electron chi connectivity index (χ2n) is 8.91. The quantitative estimate of drug-likeness (QED) is 0.429. The fourth-order valence-corrected chi connectivity index (χ4v) is 4.66. The molecule has 3 N–H and O–H groups in total. The molecule has 4 aromatic rings. The van der Waals surface area contributed by atoms with Gasteiger partial charge in [0.05, 0.1) is 28.7 Å². The zero-order valence-electron chi connectivity index (χ0n) is 19.7. The third-order valence-electron chi connectivity index (χ3n) is 6.48. The molecule has 1 saturated heterocycles. The van der Waals surface area contributed by atoms with Gasteiger partial charge in [-0.05, 0) is 48.1 Å². The van der Waals surface area contributed by atoms with Crippen molar-refractivity contribution in [2.45, 2.75) is 32.2 Å². The first kappa shape index (κ1) is 22.6. The van der Waals surface area contributed by atoms with Crippen LogP contribution in [0.3, 0.4) is 0 Å². The van der Waals surface area contributed by atoms with Crippen LogP contribution in [0.1, 0.15) is 46.6 Å². The van der Waals surface area contributed by atoms with E-state index in [9.17, 15) is 9.59 Å². The van der Waals surface area contributed by atoms with Gasteiger partial charge >= 0.3 is 0 Å². The number of hydrogen-bond donors (Lipinski definition) is 2. The Balaban J connectivity index is 1.35. The molecule has 3 aromatic heterocycles. The van der Waals surface area contributed by atoms with Crippen molar-refractivity contribution in [3.63, 3.8) is 0 Å². The van der Waals surface area contributed by atoms with Crippen LogP contribution in [0.2, 0.25) is 0 Å². The Morgan fingerprint density at radius 1 is 1.09 bits per heavy atom. The summed E-state index contributed by atoms with van der Waals surface area (Å²) in [4.78, 5) is 35.0. The van der Waals surface area contributed by atoms with E-state index in [1.54, 1.807) is 11.1 Å². The number of para-hydroxylation sites is 1. The molecule has 178 valence electrons. The van der Waals surface area contributed by atoms with E-state index in [2.05, 4.69) is 38.1 Å². The molecule has 0 radical (unpaired) electrons. The summed E-state index contributed by atoms with van der Waals surface area (Å²) in [6.07, 6.45) is 8.34. The van der Waals surface area contributed by atoms with Gasteiger partial charge in [-0.3, -0.25) is 19.6 Å². The molecular weight excluding hydrogens is 440 g/mol. The molecule has 4 heterocycles. The molecule has 2 amide bonds. The lowest BCUT2D eigenvalue weighted by Crippen LogP contribution is -2.35. The number of aromatic nitrogens is 3. The summed E-state index contributed by atoms with van der Waals surface area (Å²) >= 11 is 0. The van der Waals surface area contributed by atoms with Gasteiger partial charge in [0.1, 0.15) is 0 Å². The number of nitrogens with one attached hydrogen (secondary N) is 1. The van der Waals surface area contributed by atoms with Crippen molar-refractivity contribution in [3.05, 3.63) is 83.6 Å². The number of nitrogens with zero attached hydrogens (tertiary/aromatic N) is 4. The highest BCUT2D eigenvalue weighted by Crippen LogP contribution is 2.24. The Bertz CT molecular complexity index is 1390. The molecule has 8 nitrogen and oxygen atoms in total. The fraction of sp³-hybridized carbons (Fsp3) is 0.259. The summed E-state index contributed by atoms with van der Waals surface area (Å²) in [5.41, 5.74) is 11.3. The molecule has 0 spiro atoms. The molecule has 5 rings (SSSR count). The van der Waals surface area contributed by atoms with Crippen LogP contribution in [0.4, 0.5) is 11.4 Å². The molecule has 1 aliphatic rings. The number of carbonyl (C=O) groups is 2. The van der Waals surface area contributed by atoms with Gasteiger partial charge in [0.15, 0.2) is 0 Å². The standard InChI is InChI=1S/C27H28N6O2/c1-32-12-10-18-5-4-6-19(26(18)32)15-31-24-14-21(30-17-23(24)27(28)35)13-20-8-9-22(16-29-20)33-11-3-2-7-25(33)34/h4-6,8-10,12,14,16-17H,2-3,7,11,13,15H2,1H3,(H2,28,35)(H,30,31). The average molecular weight is 469 g/mol. The molecule has 0 unspecified atom stereocenters. The molecule has 1 aromatic carbocycles. The van der Waals surface area contributed by atoms with Crippen LogP contribution in [-0.2, 0) is 24.8 Å². The smallest absolute Gasteiger partial charge is 0.252 e. The molecule has 35 heavy (non-hydrogen) atoms. The predicted molar refractivity (Wildman–Crippen MR) is 136 cm³/mol. The maximum atomic E-state index is 12.2. The minimum Gasteiger partial charge on any atom is -0.380 e. The highest BCUT2D eigenvalue weighted by molar-refractivity contribution is 5.98. The summed E-state index contributed by atoms with van der Waals surface area (Å²) in [6, 6.07) is 14.0. The molecule has 1 fully saturated rings. The van der Waals surface area contributed by atoms with Crippen molar-refractivity contribution in [1.29, 1.82) is 0 Å². The Labute approximate surface area is 203 Å². The first-order chi connectivity index (χ1) is 17.0. The number of primary amides is 1. The van der Waals surface area contributed by atoms with E-state index >= 15 is 0 Å². The number of fused-ring (bicyclic) bond motifs is 1. The summed E-state index contributed by atoms with van der Waals surface area (Å²) in [7, 11) is 2.02. The largest absolute Gasteiger partial charge is 0.380 e. The van der Waals surface area contributed by atoms with E-state index < -0.39 is 5.91 Å². The highest BCUT2D eigenvalue weighted by atomic mass is 16.2. The van der Waals surface area contributed by atoms with E-state index in [0.717, 1.165) is 52.9 Å². The number of anilines is 2. The van der Waals surface area contributed by atoms with Gasteiger partial charge in [-0.1, -0.05) is 18.2 Å². The topological polar surface area (TPSA) is 106 Å². The lowest BCUT2D eigenvalue weighted by molar-refractivity contribution is -0.119. The van der Waals surface area contributed by atoms with Crippen molar-refractivity contribution >= 4 is 34.1 Å². The van der Waals surface area contributed by atoms with Crippen LogP contribution in [0.15, 0.2) is 61.1 Å². The van der Waals surface area contributed by atoms with E-state index in [1.165, 1.54) is 6.20 Å². The summed E-state index contributed by atoms with van der Waals surface area (Å²) in [5.74, 6) is -0.381. The molecule has 1 aliphatic heterocycles. The normalized spacial score (nSPS) is 13.9. The van der Waals surface area contributed by atoms with Crippen molar-refractivity contribution in [2.24, 2.45) is 12.8 Å². The number of rotatable bonds is 7. The predicted octanol–water partition coefficient (Wildman–Crippen LogP) is 3.79. The number of piperidine rings is 1. The van der Waals surface area contributed by atoms with Crippen LogP contribution in [0, 0.1) is 0 Å². The number of nitrogens with two attached hydrogens (primary N) is 1.